The van der Waals surface area contributed by atoms with Gasteiger partial charge in [0, 0.05) is 45.0 Å². The third-order valence-electron chi connectivity index (χ3n) is 6.59. The Kier molecular flexibility index (Phi) is 8.22. The second-order valence-corrected chi connectivity index (χ2v) is 8.98. The maximum atomic E-state index is 12.7. The average Bonchev–Trinajstić information content (AvgIpc) is 2.78. The zero-order chi connectivity index (χ0) is 21.5. The average molecular weight is 416 g/mol. The van der Waals surface area contributed by atoms with Crippen LogP contribution in [-0.4, -0.2) is 83.4 Å². The molecule has 2 aliphatic heterocycles. The summed E-state index contributed by atoms with van der Waals surface area (Å²) in [5.74, 6) is 0.401. The number of rotatable bonds is 7. The van der Waals surface area contributed by atoms with Crippen molar-refractivity contribution in [2.75, 3.05) is 39.8 Å². The molecule has 166 valence electrons. The monoisotopic (exact) mass is 415 g/mol. The quantitative estimate of drug-likeness (QED) is 0.735. The number of aromatic nitrogens is 1. The van der Waals surface area contributed by atoms with Crippen LogP contribution in [0, 0.1) is 5.92 Å². The maximum Gasteiger partial charge on any atom is 0.236 e. The van der Waals surface area contributed by atoms with E-state index in [-0.39, 0.29) is 23.8 Å². The molecular weight excluding hydrogens is 378 g/mol. The summed E-state index contributed by atoms with van der Waals surface area (Å²) in [5, 5.41) is 3.06. The molecule has 3 heterocycles. The van der Waals surface area contributed by atoms with E-state index < -0.39 is 0 Å². The molecule has 1 N–H and O–H groups in total. The van der Waals surface area contributed by atoms with Crippen LogP contribution in [0.4, 0.5) is 0 Å². The Morgan fingerprint density at radius 2 is 1.97 bits per heavy atom. The fourth-order valence-electron chi connectivity index (χ4n) is 4.41. The van der Waals surface area contributed by atoms with Gasteiger partial charge in [0.15, 0.2) is 0 Å². The molecule has 2 aliphatic rings. The van der Waals surface area contributed by atoms with Crippen molar-refractivity contribution in [3.05, 3.63) is 30.1 Å². The topological polar surface area (TPSA) is 68.8 Å². The van der Waals surface area contributed by atoms with Crippen molar-refractivity contribution in [3.8, 4) is 0 Å². The van der Waals surface area contributed by atoms with Crippen molar-refractivity contribution < 1.29 is 9.59 Å². The number of carbonyl (C=O) groups is 2. The van der Waals surface area contributed by atoms with Crippen LogP contribution in [0.15, 0.2) is 24.4 Å². The van der Waals surface area contributed by atoms with Crippen molar-refractivity contribution in [2.24, 2.45) is 5.92 Å². The van der Waals surface area contributed by atoms with Gasteiger partial charge in [-0.1, -0.05) is 6.07 Å². The summed E-state index contributed by atoms with van der Waals surface area (Å²) in [6.45, 7) is 8.92. The molecule has 0 aromatic carbocycles. The zero-order valence-electron chi connectivity index (χ0n) is 18.7. The summed E-state index contributed by atoms with van der Waals surface area (Å²) in [6, 6.07) is 6.52. The molecule has 1 aromatic heterocycles. The van der Waals surface area contributed by atoms with E-state index in [0.29, 0.717) is 19.1 Å². The van der Waals surface area contributed by atoms with Crippen LogP contribution in [0.25, 0.3) is 0 Å². The van der Waals surface area contributed by atoms with Crippen molar-refractivity contribution >= 4 is 11.8 Å². The minimum absolute atomic E-state index is 0.0572. The van der Waals surface area contributed by atoms with Gasteiger partial charge in [0.2, 0.25) is 11.8 Å². The predicted octanol–water partition coefficient (Wildman–Crippen LogP) is 1.74. The standard InChI is InChI=1S/C23H37N5O2/c1-18(2)26(3)22(29)17-27-13-9-21(10-14-27)28-12-6-7-19(16-28)23(30)25-15-20-8-4-5-11-24-20/h4-5,8,11,18-19,21H,6-7,9-10,12-17H2,1-3H3,(H,25,30). The fraction of sp³-hybridized carbons (Fsp3) is 0.696. The van der Waals surface area contributed by atoms with E-state index in [1.165, 1.54) is 0 Å². The van der Waals surface area contributed by atoms with E-state index in [1.54, 1.807) is 6.20 Å². The molecule has 0 bridgehead atoms. The van der Waals surface area contributed by atoms with Crippen LogP contribution in [0.5, 0.6) is 0 Å². The third-order valence-corrected chi connectivity index (χ3v) is 6.59. The Labute approximate surface area is 180 Å². The van der Waals surface area contributed by atoms with Crippen molar-refractivity contribution in [1.29, 1.82) is 0 Å². The number of hydrogen-bond donors (Lipinski definition) is 1. The lowest BCUT2D eigenvalue weighted by molar-refractivity contribution is -0.133. The van der Waals surface area contributed by atoms with E-state index in [9.17, 15) is 9.59 Å². The normalized spacial score (nSPS) is 21.5. The first-order valence-corrected chi connectivity index (χ1v) is 11.3. The third kappa shape index (κ3) is 6.25. The number of hydrogen-bond acceptors (Lipinski definition) is 5. The van der Waals surface area contributed by atoms with E-state index in [0.717, 1.165) is 57.6 Å². The smallest absolute Gasteiger partial charge is 0.236 e. The minimum atomic E-state index is 0.0572. The molecule has 7 heteroatoms. The summed E-state index contributed by atoms with van der Waals surface area (Å²) in [7, 11) is 1.88. The molecule has 3 rings (SSSR count). The first kappa shape index (κ1) is 22.7. The Bertz CT molecular complexity index is 688. The SMILES string of the molecule is CC(C)N(C)C(=O)CN1CCC(N2CCCC(C(=O)NCc3ccccn3)C2)CC1. The summed E-state index contributed by atoms with van der Waals surface area (Å²) in [6.07, 6.45) is 5.92. The molecule has 30 heavy (non-hydrogen) atoms. The van der Waals surface area contributed by atoms with Gasteiger partial charge in [0.05, 0.1) is 24.7 Å². The molecule has 0 radical (unpaired) electrons. The number of likely N-dealkylation sites (tertiary alicyclic amines) is 2. The number of amides is 2. The molecule has 2 amide bonds. The fourth-order valence-corrected chi connectivity index (χ4v) is 4.41. The summed E-state index contributed by atoms with van der Waals surface area (Å²) in [4.78, 5) is 35.9. The summed E-state index contributed by atoms with van der Waals surface area (Å²) in [5.41, 5.74) is 0.892. The van der Waals surface area contributed by atoms with Crippen LogP contribution in [0.3, 0.4) is 0 Å². The molecule has 0 aliphatic carbocycles. The van der Waals surface area contributed by atoms with Crippen molar-refractivity contribution in [2.45, 2.75) is 58.2 Å². The summed E-state index contributed by atoms with van der Waals surface area (Å²) < 4.78 is 0. The van der Waals surface area contributed by atoms with Crippen LogP contribution < -0.4 is 5.32 Å². The number of carbonyl (C=O) groups excluding carboxylic acids is 2. The summed E-state index contributed by atoms with van der Waals surface area (Å²) >= 11 is 0. The van der Waals surface area contributed by atoms with E-state index in [1.807, 2.05) is 44.0 Å². The Balaban J connectivity index is 1.42. The first-order valence-electron chi connectivity index (χ1n) is 11.3. The van der Waals surface area contributed by atoms with Gasteiger partial charge in [-0.2, -0.15) is 0 Å². The van der Waals surface area contributed by atoms with Gasteiger partial charge in [-0.25, -0.2) is 0 Å². The molecule has 1 atom stereocenters. The first-order chi connectivity index (χ1) is 14.4. The number of piperidine rings is 2. The molecule has 0 spiro atoms. The Morgan fingerprint density at radius 3 is 2.63 bits per heavy atom. The van der Waals surface area contributed by atoms with Gasteiger partial charge in [-0.15, -0.1) is 0 Å². The molecule has 1 unspecified atom stereocenters. The molecule has 0 saturated carbocycles. The highest BCUT2D eigenvalue weighted by atomic mass is 16.2. The lowest BCUT2D eigenvalue weighted by Crippen LogP contribution is -2.52. The molecule has 2 saturated heterocycles. The molecule has 1 aromatic rings. The van der Waals surface area contributed by atoms with Crippen LogP contribution in [-0.2, 0) is 16.1 Å². The van der Waals surface area contributed by atoms with E-state index in [2.05, 4.69) is 20.1 Å². The molecule has 7 nitrogen and oxygen atoms in total. The number of pyridine rings is 1. The minimum Gasteiger partial charge on any atom is -0.350 e. The van der Waals surface area contributed by atoms with E-state index >= 15 is 0 Å². The van der Waals surface area contributed by atoms with Crippen LogP contribution in [0.1, 0.15) is 45.2 Å². The largest absolute Gasteiger partial charge is 0.350 e. The highest BCUT2D eigenvalue weighted by Gasteiger charge is 2.32. The van der Waals surface area contributed by atoms with Gasteiger partial charge in [-0.05, 0) is 58.2 Å². The van der Waals surface area contributed by atoms with Crippen LogP contribution >= 0.6 is 0 Å². The van der Waals surface area contributed by atoms with Gasteiger partial charge in [0.25, 0.3) is 0 Å². The van der Waals surface area contributed by atoms with Gasteiger partial charge < -0.3 is 10.2 Å². The zero-order valence-corrected chi connectivity index (χ0v) is 18.7. The van der Waals surface area contributed by atoms with Crippen molar-refractivity contribution in [1.82, 2.24) is 25.0 Å². The maximum absolute atomic E-state index is 12.7. The highest BCUT2D eigenvalue weighted by Crippen LogP contribution is 2.24. The number of nitrogens with one attached hydrogen (secondary N) is 1. The Morgan fingerprint density at radius 1 is 1.20 bits per heavy atom. The molecule has 2 fully saturated rings. The lowest BCUT2D eigenvalue weighted by atomic mass is 9.93. The number of nitrogens with zero attached hydrogens (tertiary/aromatic N) is 4. The van der Waals surface area contributed by atoms with Gasteiger partial charge in [-0.3, -0.25) is 24.4 Å². The molecular formula is C23H37N5O2. The highest BCUT2D eigenvalue weighted by molar-refractivity contribution is 5.79. The Hall–Kier alpha value is -1.99. The van der Waals surface area contributed by atoms with Gasteiger partial charge >= 0.3 is 0 Å². The van der Waals surface area contributed by atoms with Crippen molar-refractivity contribution in [3.63, 3.8) is 0 Å². The predicted molar refractivity (Wildman–Crippen MR) is 118 cm³/mol. The second kappa shape index (κ2) is 10.9. The van der Waals surface area contributed by atoms with Gasteiger partial charge in [0.1, 0.15) is 0 Å². The van der Waals surface area contributed by atoms with Crippen LogP contribution in [0.2, 0.25) is 0 Å². The van der Waals surface area contributed by atoms with E-state index in [4.69, 9.17) is 0 Å². The number of likely N-dealkylation sites (N-methyl/N-ethyl adjacent to an activating group) is 1. The lowest BCUT2D eigenvalue weighted by Gasteiger charge is -2.42. The second-order valence-electron chi connectivity index (χ2n) is 8.98.